The molecule has 1 atom stereocenters. The Bertz CT molecular complexity index is 768. The third kappa shape index (κ3) is 7.75. The van der Waals surface area contributed by atoms with Gasteiger partial charge in [-0.05, 0) is 36.1 Å². The summed E-state index contributed by atoms with van der Waals surface area (Å²) >= 11 is 7.48. The van der Waals surface area contributed by atoms with Crippen molar-refractivity contribution in [2.24, 2.45) is 0 Å². The summed E-state index contributed by atoms with van der Waals surface area (Å²) in [6, 6.07) is 17.0. The topological polar surface area (TPSA) is 49.4 Å². The molecule has 0 bridgehead atoms. The average molecular weight is 433 g/mol. The summed E-state index contributed by atoms with van der Waals surface area (Å²) in [5.41, 5.74) is 2.14. The number of rotatable bonds is 11. The second kappa shape index (κ2) is 12.6. The van der Waals surface area contributed by atoms with E-state index in [0.717, 1.165) is 23.3 Å². The van der Waals surface area contributed by atoms with Crippen LogP contribution in [0.5, 0.6) is 0 Å². The van der Waals surface area contributed by atoms with Crippen LogP contribution >= 0.6 is 23.4 Å². The van der Waals surface area contributed by atoms with Gasteiger partial charge in [-0.3, -0.25) is 9.59 Å². The Hall–Kier alpha value is -1.98. The summed E-state index contributed by atoms with van der Waals surface area (Å²) in [6.45, 7) is 5.01. The van der Waals surface area contributed by atoms with Crippen LogP contribution in [0.3, 0.4) is 0 Å². The number of nitrogens with zero attached hydrogens (tertiary/aromatic N) is 1. The largest absolute Gasteiger partial charge is 0.354 e. The number of amides is 2. The zero-order chi connectivity index (χ0) is 21.1. The highest BCUT2D eigenvalue weighted by Gasteiger charge is 2.28. The van der Waals surface area contributed by atoms with Gasteiger partial charge in [-0.1, -0.05) is 67.9 Å². The summed E-state index contributed by atoms with van der Waals surface area (Å²) in [5.74, 6) is 0.946. The molecule has 2 aromatic rings. The number of nitrogens with one attached hydrogen (secondary N) is 1. The van der Waals surface area contributed by atoms with E-state index in [1.165, 1.54) is 0 Å². The molecule has 0 saturated carbocycles. The van der Waals surface area contributed by atoms with Crippen molar-refractivity contribution in [2.75, 3.05) is 12.3 Å². The van der Waals surface area contributed by atoms with Gasteiger partial charge < -0.3 is 10.2 Å². The van der Waals surface area contributed by atoms with E-state index in [1.807, 2.05) is 68.4 Å². The van der Waals surface area contributed by atoms with Crippen molar-refractivity contribution < 1.29 is 9.59 Å². The third-order valence-electron chi connectivity index (χ3n) is 4.54. The first-order valence-corrected chi connectivity index (χ1v) is 11.5. The second-order valence-corrected chi connectivity index (χ2v) is 8.26. The van der Waals surface area contributed by atoms with E-state index in [0.29, 0.717) is 30.3 Å². The van der Waals surface area contributed by atoms with E-state index in [2.05, 4.69) is 5.32 Å². The molecule has 0 aliphatic carbocycles. The van der Waals surface area contributed by atoms with Crippen molar-refractivity contribution in [3.05, 3.63) is 70.7 Å². The van der Waals surface area contributed by atoms with Crippen LogP contribution in [0.25, 0.3) is 0 Å². The summed E-state index contributed by atoms with van der Waals surface area (Å²) < 4.78 is 0. The SMILES string of the molecule is CCCNC(=O)[C@H](CC)N(Cc1ccccc1)C(=O)CSCc1ccc(Cl)cc1. The van der Waals surface area contributed by atoms with Gasteiger partial charge in [0, 0.05) is 23.9 Å². The van der Waals surface area contributed by atoms with Crippen LogP contribution in [-0.4, -0.2) is 35.1 Å². The average Bonchev–Trinajstić information content (AvgIpc) is 2.74. The first-order chi connectivity index (χ1) is 14.0. The van der Waals surface area contributed by atoms with Crippen LogP contribution < -0.4 is 5.32 Å². The number of carbonyl (C=O) groups is 2. The van der Waals surface area contributed by atoms with E-state index in [1.54, 1.807) is 16.7 Å². The van der Waals surface area contributed by atoms with Crippen molar-refractivity contribution in [1.29, 1.82) is 0 Å². The van der Waals surface area contributed by atoms with Gasteiger partial charge in [0.2, 0.25) is 11.8 Å². The fourth-order valence-electron chi connectivity index (χ4n) is 2.99. The maximum atomic E-state index is 13.1. The molecule has 0 unspecified atom stereocenters. The highest BCUT2D eigenvalue weighted by atomic mass is 35.5. The smallest absolute Gasteiger partial charge is 0.242 e. The Balaban J connectivity index is 2.06. The molecule has 156 valence electrons. The maximum Gasteiger partial charge on any atom is 0.242 e. The molecule has 0 fully saturated rings. The zero-order valence-corrected chi connectivity index (χ0v) is 18.6. The van der Waals surface area contributed by atoms with Crippen LogP contribution in [0.4, 0.5) is 0 Å². The number of carbonyl (C=O) groups excluding carboxylic acids is 2. The van der Waals surface area contributed by atoms with Crippen molar-refractivity contribution in [2.45, 2.75) is 45.0 Å². The predicted molar refractivity (Wildman–Crippen MR) is 122 cm³/mol. The summed E-state index contributed by atoms with van der Waals surface area (Å²) in [4.78, 5) is 27.5. The standard InChI is InChI=1S/C23H29ClN2O2S/c1-3-14-25-23(28)21(4-2)26(15-18-8-6-5-7-9-18)22(27)17-29-16-19-10-12-20(24)13-11-19/h5-13,21H,3-4,14-17H2,1-2H3,(H,25,28)/t21-/m0/s1. The molecule has 2 amide bonds. The predicted octanol–water partition coefficient (Wildman–Crippen LogP) is 4.91. The van der Waals surface area contributed by atoms with Gasteiger partial charge in [-0.25, -0.2) is 0 Å². The number of hydrogen-bond acceptors (Lipinski definition) is 3. The number of thioether (sulfide) groups is 1. The molecule has 4 nitrogen and oxygen atoms in total. The lowest BCUT2D eigenvalue weighted by molar-refractivity contribution is -0.139. The van der Waals surface area contributed by atoms with Gasteiger partial charge in [0.25, 0.3) is 0 Å². The Labute approximate surface area is 183 Å². The second-order valence-electron chi connectivity index (χ2n) is 6.84. The molecule has 1 N–H and O–H groups in total. The monoisotopic (exact) mass is 432 g/mol. The molecule has 0 radical (unpaired) electrons. The quantitative estimate of drug-likeness (QED) is 0.549. The molecule has 0 spiro atoms. The maximum absolute atomic E-state index is 13.1. The molecule has 0 heterocycles. The molecule has 0 aliphatic heterocycles. The lowest BCUT2D eigenvalue weighted by Crippen LogP contribution is -2.49. The summed E-state index contributed by atoms with van der Waals surface area (Å²) in [5, 5.41) is 3.64. The molecule has 2 aromatic carbocycles. The molecular formula is C23H29ClN2O2S. The first kappa shape index (κ1) is 23.3. The lowest BCUT2D eigenvalue weighted by Gasteiger charge is -2.30. The molecule has 0 saturated heterocycles. The van der Waals surface area contributed by atoms with E-state index in [4.69, 9.17) is 11.6 Å². The van der Waals surface area contributed by atoms with Crippen LogP contribution in [-0.2, 0) is 21.9 Å². The van der Waals surface area contributed by atoms with Gasteiger partial charge >= 0.3 is 0 Å². The number of halogens is 1. The lowest BCUT2D eigenvalue weighted by atomic mass is 10.1. The molecule has 0 aromatic heterocycles. The van der Waals surface area contributed by atoms with Crippen LogP contribution in [0.15, 0.2) is 54.6 Å². The van der Waals surface area contributed by atoms with Crippen molar-refractivity contribution in [1.82, 2.24) is 10.2 Å². The minimum Gasteiger partial charge on any atom is -0.354 e. The van der Waals surface area contributed by atoms with E-state index in [9.17, 15) is 9.59 Å². The van der Waals surface area contributed by atoms with E-state index in [-0.39, 0.29) is 11.8 Å². The Morgan fingerprint density at radius 3 is 2.34 bits per heavy atom. The fourth-order valence-corrected chi connectivity index (χ4v) is 3.98. The first-order valence-electron chi connectivity index (χ1n) is 9.98. The summed E-state index contributed by atoms with van der Waals surface area (Å²) in [7, 11) is 0. The van der Waals surface area contributed by atoms with Gasteiger partial charge in [-0.2, -0.15) is 0 Å². The number of benzene rings is 2. The normalized spacial score (nSPS) is 11.7. The molecular weight excluding hydrogens is 404 g/mol. The van der Waals surface area contributed by atoms with Crippen molar-refractivity contribution >= 4 is 35.2 Å². The van der Waals surface area contributed by atoms with Crippen LogP contribution in [0.1, 0.15) is 37.8 Å². The molecule has 2 rings (SSSR count). The third-order valence-corrected chi connectivity index (χ3v) is 5.78. The highest BCUT2D eigenvalue weighted by Crippen LogP contribution is 2.18. The Morgan fingerprint density at radius 2 is 1.72 bits per heavy atom. The van der Waals surface area contributed by atoms with E-state index >= 15 is 0 Å². The van der Waals surface area contributed by atoms with Gasteiger partial charge in [0.1, 0.15) is 6.04 Å². The van der Waals surface area contributed by atoms with Crippen molar-refractivity contribution in [3.8, 4) is 0 Å². The van der Waals surface area contributed by atoms with Crippen molar-refractivity contribution in [3.63, 3.8) is 0 Å². The van der Waals surface area contributed by atoms with Crippen LogP contribution in [0.2, 0.25) is 5.02 Å². The van der Waals surface area contributed by atoms with Gasteiger partial charge in [0.15, 0.2) is 0 Å². The van der Waals surface area contributed by atoms with E-state index < -0.39 is 6.04 Å². The number of hydrogen-bond donors (Lipinski definition) is 1. The Kier molecular flexibility index (Phi) is 10.1. The minimum absolute atomic E-state index is 0.0219. The van der Waals surface area contributed by atoms with Crippen LogP contribution in [0, 0.1) is 0 Å². The summed E-state index contributed by atoms with van der Waals surface area (Å²) in [6.07, 6.45) is 1.45. The fraction of sp³-hybridized carbons (Fsp3) is 0.391. The Morgan fingerprint density at radius 1 is 1.03 bits per heavy atom. The zero-order valence-electron chi connectivity index (χ0n) is 17.1. The molecule has 0 aliphatic rings. The van der Waals surface area contributed by atoms with Gasteiger partial charge in [0.05, 0.1) is 5.75 Å². The molecule has 6 heteroatoms. The van der Waals surface area contributed by atoms with Gasteiger partial charge in [-0.15, -0.1) is 11.8 Å². The minimum atomic E-state index is -0.467. The molecule has 29 heavy (non-hydrogen) atoms. The highest BCUT2D eigenvalue weighted by molar-refractivity contribution is 7.99.